The van der Waals surface area contributed by atoms with Crippen LogP contribution in [-0.2, 0) is 0 Å². The van der Waals surface area contributed by atoms with E-state index in [1.165, 1.54) is 25.7 Å². The first-order valence-electron chi connectivity index (χ1n) is 6.91. The molecule has 0 heterocycles. The van der Waals surface area contributed by atoms with E-state index >= 15 is 0 Å². The van der Waals surface area contributed by atoms with Gasteiger partial charge in [-0.2, -0.15) is 0 Å². The van der Waals surface area contributed by atoms with Gasteiger partial charge in [0.2, 0.25) is 0 Å². The molecule has 0 radical (unpaired) electrons. The van der Waals surface area contributed by atoms with E-state index in [-0.39, 0.29) is 0 Å². The molecule has 1 heteroatoms. The molecule has 4 aliphatic rings. The fourth-order valence-electron chi connectivity index (χ4n) is 4.69. The standard InChI is InChI=1S/C10H15.3CH3.Sn/c1-7-2-9-4-8(1)5-10(3-7)6-9;;;;/h7-9H,1-6H2;3*1H3;/i1D;;;;. The SMILES string of the molecule is [2H]C1C2CC3CC1C[C]([Sn]([CH3])([CH3])[CH3])(C3)C2. The van der Waals surface area contributed by atoms with Gasteiger partial charge in [-0.15, -0.1) is 0 Å². The second-order valence-electron chi connectivity index (χ2n) is 7.19. The van der Waals surface area contributed by atoms with Gasteiger partial charge in [-0.3, -0.25) is 0 Å². The molecule has 4 aliphatic carbocycles. The van der Waals surface area contributed by atoms with Crippen LogP contribution in [0.5, 0.6) is 0 Å². The van der Waals surface area contributed by atoms with E-state index in [0.717, 1.165) is 21.2 Å². The molecular formula is C13H24Sn. The zero-order valence-corrected chi connectivity index (χ0v) is 12.7. The summed E-state index contributed by atoms with van der Waals surface area (Å²) >= 11 is -1.78. The average molecular weight is 300 g/mol. The summed E-state index contributed by atoms with van der Waals surface area (Å²) in [6.45, 7) is 0. The summed E-state index contributed by atoms with van der Waals surface area (Å²) in [6.07, 6.45) is 7.61. The van der Waals surface area contributed by atoms with Crippen LogP contribution in [0.25, 0.3) is 0 Å². The molecule has 4 saturated carbocycles. The van der Waals surface area contributed by atoms with Crippen molar-refractivity contribution in [1.82, 2.24) is 0 Å². The second-order valence-corrected chi connectivity index (χ2v) is 23.1. The van der Waals surface area contributed by atoms with Gasteiger partial charge in [0.1, 0.15) is 0 Å². The van der Waals surface area contributed by atoms with Crippen LogP contribution in [-0.4, -0.2) is 18.4 Å². The molecule has 0 N–H and O–H groups in total. The van der Waals surface area contributed by atoms with Crippen molar-refractivity contribution >= 4 is 18.4 Å². The van der Waals surface area contributed by atoms with Crippen molar-refractivity contribution < 1.29 is 1.37 Å². The van der Waals surface area contributed by atoms with Gasteiger partial charge in [0, 0.05) is 0 Å². The molecule has 14 heavy (non-hydrogen) atoms. The van der Waals surface area contributed by atoms with Gasteiger partial charge < -0.3 is 0 Å². The first-order valence-corrected chi connectivity index (χ1v) is 16.3. The fraction of sp³-hybridized carbons (Fsp3) is 1.00. The van der Waals surface area contributed by atoms with Gasteiger partial charge in [0.15, 0.2) is 0 Å². The van der Waals surface area contributed by atoms with Crippen LogP contribution in [0.15, 0.2) is 0 Å². The molecule has 0 aliphatic heterocycles. The predicted molar refractivity (Wildman–Crippen MR) is 64.2 cm³/mol. The predicted octanol–water partition coefficient (Wildman–Crippen LogP) is 4.30. The Morgan fingerprint density at radius 1 is 1.00 bits per heavy atom. The number of rotatable bonds is 1. The normalized spacial score (nSPS) is 57.5. The average Bonchev–Trinajstić information content (AvgIpc) is 2.10. The Morgan fingerprint density at radius 3 is 2.00 bits per heavy atom. The van der Waals surface area contributed by atoms with Crippen LogP contribution in [0.1, 0.15) is 39.9 Å². The van der Waals surface area contributed by atoms with E-state index < -0.39 is 18.4 Å². The third kappa shape index (κ3) is 1.32. The molecular weight excluding hydrogens is 275 g/mol. The first kappa shape index (κ1) is 8.89. The Balaban J connectivity index is 1.96. The monoisotopic (exact) mass is 301 g/mol. The molecule has 2 atom stereocenters. The summed E-state index contributed by atoms with van der Waals surface area (Å²) in [7, 11) is 0. The first-order chi connectivity index (χ1) is 6.91. The van der Waals surface area contributed by atoms with Gasteiger partial charge in [0.05, 0.1) is 0 Å². The van der Waals surface area contributed by atoms with Crippen LogP contribution in [0, 0.1) is 17.8 Å². The van der Waals surface area contributed by atoms with Crippen molar-refractivity contribution in [2.75, 3.05) is 0 Å². The maximum absolute atomic E-state index is 8.31. The summed E-state index contributed by atoms with van der Waals surface area (Å²) in [5.74, 6) is 2.62. The summed E-state index contributed by atoms with van der Waals surface area (Å²) in [4.78, 5) is 7.92. The van der Waals surface area contributed by atoms with Gasteiger partial charge in [-0.25, -0.2) is 0 Å². The molecule has 0 nitrogen and oxygen atoms in total. The van der Waals surface area contributed by atoms with Gasteiger partial charge >= 0.3 is 94.3 Å². The quantitative estimate of drug-likeness (QED) is 0.634. The van der Waals surface area contributed by atoms with Crippen molar-refractivity contribution in [3.63, 3.8) is 0 Å². The second kappa shape index (κ2) is 2.92. The molecule has 0 spiro atoms. The third-order valence-electron chi connectivity index (χ3n) is 5.39. The van der Waals surface area contributed by atoms with Crippen molar-refractivity contribution in [2.45, 2.75) is 56.8 Å². The van der Waals surface area contributed by atoms with Crippen molar-refractivity contribution in [1.29, 1.82) is 0 Å². The van der Waals surface area contributed by atoms with E-state index in [4.69, 9.17) is 1.37 Å². The summed E-state index contributed by atoms with van der Waals surface area (Å²) < 4.78 is 9.12. The Kier molecular flexibility index (Phi) is 1.86. The third-order valence-corrected chi connectivity index (χ3v) is 16.2. The zero-order valence-electron chi connectivity index (χ0n) is 10.8. The van der Waals surface area contributed by atoms with Crippen molar-refractivity contribution in [2.24, 2.45) is 17.8 Å². The maximum atomic E-state index is 8.31. The minimum atomic E-state index is -1.78. The molecule has 2 unspecified atom stereocenters. The van der Waals surface area contributed by atoms with E-state index in [1.807, 2.05) is 0 Å². The molecule has 80 valence electrons. The minimum absolute atomic E-state index is 0.323. The van der Waals surface area contributed by atoms with E-state index in [2.05, 4.69) is 14.8 Å². The molecule has 4 fully saturated rings. The fourth-order valence-corrected chi connectivity index (χ4v) is 12.3. The van der Waals surface area contributed by atoms with E-state index in [0.29, 0.717) is 6.40 Å². The van der Waals surface area contributed by atoms with Crippen LogP contribution in [0.3, 0.4) is 0 Å². The molecule has 4 bridgehead atoms. The summed E-state index contributed by atoms with van der Waals surface area (Å²) in [5, 5.41) is 0. The Morgan fingerprint density at radius 2 is 1.50 bits per heavy atom. The van der Waals surface area contributed by atoms with Crippen molar-refractivity contribution in [3.05, 3.63) is 0 Å². The molecule has 4 rings (SSSR count). The summed E-state index contributed by atoms with van der Waals surface area (Å²) in [6, 6.07) is 0. The van der Waals surface area contributed by atoms with E-state index in [1.54, 1.807) is 6.42 Å². The molecule has 0 aromatic carbocycles. The molecule has 0 aromatic heterocycles. The zero-order chi connectivity index (χ0) is 10.8. The molecule has 0 amide bonds. The van der Waals surface area contributed by atoms with Crippen molar-refractivity contribution in [3.8, 4) is 0 Å². The van der Waals surface area contributed by atoms with Gasteiger partial charge in [-0.05, 0) is 0 Å². The van der Waals surface area contributed by atoms with Gasteiger partial charge in [0.25, 0.3) is 0 Å². The van der Waals surface area contributed by atoms with Crippen LogP contribution in [0.2, 0.25) is 18.2 Å². The summed E-state index contributed by atoms with van der Waals surface area (Å²) in [5.41, 5.74) is 0. The Labute approximate surface area is 94.1 Å². The number of hydrogen-bond donors (Lipinski definition) is 0. The molecule has 0 saturated heterocycles. The van der Waals surface area contributed by atoms with Gasteiger partial charge in [-0.1, -0.05) is 0 Å². The van der Waals surface area contributed by atoms with Crippen LogP contribution >= 0.6 is 0 Å². The van der Waals surface area contributed by atoms with Crippen LogP contribution in [0.4, 0.5) is 0 Å². The number of hydrogen-bond acceptors (Lipinski definition) is 0. The van der Waals surface area contributed by atoms with Crippen LogP contribution < -0.4 is 0 Å². The van der Waals surface area contributed by atoms with E-state index in [9.17, 15) is 0 Å². The topological polar surface area (TPSA) is 0 Å². The molecule has 0 aromatic rings. The Hall–Kier alpha value is 0.799. The Bertz CT molecular complexity index is 265.